The van der Waals surface area contributed by atoms with Crippen molar-refractivity contribution in [3.05, 3.63) is 10.2 Å². The number of esters is 1. The van der Waals surface area contributed by atoms with Crippen molar-refractivity contribution in [1.29, 1.82) is 0 Å². The number of nitrogens with one attached hydrogen (secondary N) is 1. The standard InChI is InChI=1S/C21H36BrN3O6/c1-9-29-18(26)16-15(22)17(30-12-10-11-28-8)24-25(16)13-14(20(2,3)4)23-19(27)31-21(5,6)7/h14H,9-13H2,1-8H3,(H,23,27)/t14-/m0/s1. The van der Waals surface area contributed by atoms with Gasteiger partial charge in [0.1, 0.15) is 10.1 Å². The summed E-state index contributed by atoms with van der Waals surface area (Å²) in [7, 11) is 1.62. The van der Waals surface area contributed by atoms with Gasteiger partial charge in [-0.25, -0.2) is 9.59 Å². The third-order valence-electron chi connectivity index (χ3n) is 4.16. The maximum atomic E-state index is 12.6. The van der Waals surface area contributed by atoms with Crippen LogP contribution in [0.25, 0.3) is 0 Å². The zero-order valence-corrected chi connectivity index (χ0v) is 21.4. The van der Waals surface area contributed by atoms with Crippen LogP contribution in [0, 0.1) is 5.41 Å². The number of amides is 1. The Morgan fingerprint density at radius 1 is 1.16 bits per heavy atom. The quantitative estimate of drug-likeness (QED) is 0.375. The summed E-state index contributed by atoms with van der Waals surface area (Å²) >= 11 is 3.42. The number of ether oxygens (including phenoxy) is 4. The number of hydrogen-bond donors (Lipinski definition) is 1. The van der Waals surface area contributed by atoms with Gasteiger partial charge in [-0.15, -0.1) is 5.10 Å². The second-order valence-electron chi connectivity index (χ2n) is 9.13. The smallest absolute Gasteiger partial charge is 0.407 e. The van der Waals surface area contributed by atoms with Crippen molar-refractivity contribution in [2.24, 2.45) is 5.41 Å². The number of halogens is 1. The summed E-state index contributed by atoms with van der Waals surface area (Å²) in [5, 5.41) is 7.36. The van der Waals surface area contributed by atoms with Gasteiger partial charge < -0.3 is 24.3 Å². The van der Waals surface area contributed by atoms with Gasteiger partial charge in [-0.3, -0.25) is 4.68 Å². The van der Waals surface area contributed by atoms with Gasteiger partial charge in [-0.1, -0.05) is 20.8 Å². The summed E-state index contributed by atoms with van der Waals surface area (Å²) in [6, 6.07) is -0.385. The monoisotopic (exact) mass is 505 g/mol. The molecule has 10 heteroatoms. The Morgan fingerprint density at radius 2 is 1.81 bits per heavy atom. The van der Waals surface area contributed by atoms with Gasteiger partial charge in [-0.05, 0) is 49.0 Å². The van der Waals surface area contributed by atoms with Crippen LogP contribution >= 0.6 is 15.9 Å². The highest BCUT2D eigenvalue weighted by atomic mass is 79.9. The Kier molecular flexibility index (Phi) is 10.3. The van der Waals surface area contributed by atoms with Gasteiger partial charge in [0.2, 0.25) is 5.88 Å². The minimum Gasteiger partial charge on any atom is -0.476 e. The lowest BCUT2D eigenvalue weighted by atomic mass is 9.86. The second-order valence-corrected chi connectivity index (χ2v) is 9.92. The van der Waals surface area contributed by atoms with Crippen molar-refractivity contribution in [1.82, 2.24) is 15.1 Å². The molecule has 0 radical (unpaired) electrons. The first-order valence-corrected chi connectivity index (χ1v) is 11.1. The maximum Gasteiger partial charge on any atom is 0.407 e. The summed E-state index contributed by atoms with van der Waals surface area (Å²) in [4.78, 5) is 25.0. The predicted molar refractivity (Wildman–Crippen MR) is 120 cm³/mol. The highest BCUT2D eigenvalue weighted by Gasteiger charge is 2.32. The SMILES string of the molecule is CCOC(=O)c1c(Br)c(OCCCOC)nn1C[C@H](NC(=O)OC(C)(C)C)C(C)(C)C. The fraction of sp³-hybridized carbons (Fsp3) is 0.762. The highest BCUT2D eigenvalue weighted by Crippen LogP contribution is 2.31. The van der Waals surface area contributed by atoms with Gasteiger partial charge in [0.25, 0.3) is 0 Å². The normalized spacial score (nSPS) is 12.9. The molecule has 0 saturated heterocycles. The molecule has 1 atom stereocenters. The van der Waals surface area contributed by atoms with Crippen LogP contribution in [0.15, 0.2) is 4.47 Å². The van der Waals surface area contributed by atoms with E-state index < -0.39 is 17.7 Å². The number of carbonyl (C=O) groups excluding carboxylic acids is 2. The number of nitrogens with zero attached hydrogens (tertiary/aromatic N) is 2. The van der Waals surface area contributed by atoms with E-state index in [1.165, 1.54) is 4.68 Å². The molecule has 1 N–H and O–H groups in total. The third kappa shape index (κ3) is 9.06. The summed E-state index contributed by atoms with van der Waals surface area (Å²) in [5.41, 5.74) is -0.745. The minimum absolute atomic E-state index is 0.219. The van der Waals surface area contributed by atoms with Crippen LogP contribution in [0.5, 0.6) is 5.88 Å². The average Bonchev–Trinajstić information content (AvgIpc) is 2.91. The average molecular weight is 506 g/mol. The van der Waals surface area contributed by atoms with Crippen LogP contribution in [0.2, 0.25) is 0 Å². The number of methoxy groups -OCH3 is 1. The molecule has 0 aliphatic heterocycles. The molecule has 1 rings (SSSR count). The Labute approximate surface area is 193 Å². The van der Waals surface area contributed by atoms with E-state index in [1.807, 2.05) is 20.8 Å². The summed E-state index contributed by atoms with van der Waals surface area (Å²) in [6.07, 6.45) is 0.141. The van der Waals surface area contributed by atoms with Crippen LogP contribution in [0.4, 0.5) is 4.79 Å². The molecular weight excluding hydrogens is 470 g/mol. The molecule has 1 heterocycles. The molecule has 178 valence electrons. The van der Waals surface area contributed by atoms with Crippen LogP contribution in [-0.4, -0.2) is 60.4 Å². The van der Waals surface area contributed by atoms with Gasteiger partial charge in [0.15, 0.2) is 5.69 Å². The molecule has 1 amide bonds. The first kappa shape index (κ1) is 27.2. The molecular formula is C21H36BrN3O6. The van der Waals surface area contributed by atoms with Crippen molar-refractivity contribution >= 4 is 28.0 Å². The third-order valence-corrected chi connectivity index (χ3v) is 4.87. The fourth-order valence-electron chi connectivity index (χ4n) is 2.57. The molecule has 0 spiro atoms. The topological polar surface area (TPSA) is 101 Å². The largest absolute Gasteiger partial charge is 0.476 e. The Morgan fingerprint density at radius 3 is 2.32 bits per heavy atom. The lowest BCUT2D eigenvalue weighted by Crippen LogP contribution is -2.48. The first-order valence-electron chi connectivity index (χ1n) is 10.3. The molecule has 0 aliphatic carbocycles. The summed E-state index contributed by atoms with van der Waals surface area (Å²) in [6.45, 7) is 14.5. The van der Waals surface area contributed by atoms with Crippen molar-refractivity contribution in [2.45, 2.75) is 73.1 Å². The van der Waals surface area contributed by atoms with Crippen LogP contribution in [0.3, 0.4) is 0 Å². The van der Waals surface area contributed by atoms with Gasteiger partial charge >= 0.3 is 12.1 Å². The second kappa shape index (κ2) is 11.7. The highest BCUT2D eigenvalue weighted by molar-refractivity contribution is 9.10. The van der Waals surface area contributed by atoms with E-state index in [2.05, 4.69) is 26.3 Å². The maximum absolute atomic E-state index is 12.6. The minimum atomic E-state index is -0.624. The number of aromatic nitrogens is 2. The lowest BCUT2D eigenvalue weighted by molar-refractivity contribution is 0.0449. The molecule has 0 unspecified atom stereocenters. The lowest BCUT2D eigenvalue weighted by Gasteiger charge is -2.32. The molecule has 0 aromatic carbocycles. The number of alkyl carbamates (subject to hydrolysis) is 1. The molecule has 31 heavy (non-hydrogen) atoms. The number of hydrogen-bond acceptors (Lipinski definition) is 7. The van der Waals surface area contributed by atoms with E-state index in [4.69, 9.17) is 18.9 Å². The number of carbonyl (C=O) groups is 2. The molecule has 0 bridgehead atoms. The van der Waals surface area contributed by atoms with Crippen LogP contribution in [0.1, 0.15) is 65.4 Å². The molecule has 0 aliphatic rings. The molecule has 9 nitrogen and oxygen atoms in total. The van der Waals surface area contributed by atoms with Crippen molar-refractivity contribution in [2.75, 3.05) is 26.9 Å². The Hall–Kier alpha value is -1.81. The van der Waals surface area contributed by atoms with Crippen molar-refractivity contribution in [3.8, 4) is 5.88 Å². The summed E-state index contributed by atoms with van der Waals surface area (Å²) < 4.78 is 23.3. The van der Waals surface area contributed by atoms with E-state index in [0.717, 1.165) is 0 Å². The zero-order valence-electron chi connectivity index (χ0n) is 19.8. The van der Waals surface area contributed by atoms with E-state index in [0.29, 0.717) is 24.1 Å². The Balaban J connectivity index is 3.18. The summed E-state index contributed by atoms with van der Waals surface area (Å²) in [5.74, 6) is -0.248. The number of rotatable bonds is 10. The van der Waals surface area contributed by atoms with Crippen molar-refractivity contribution in [3.63, 3.8) is 0 Å². The predicted octanol–water partition coefficient (Wildman–Crippen LogP) is 4.18. The van der Waals surface area contributed by atoms with Crippen LogP contribution < -0.4 is 10.1 Å². The van der Waals surface area contributed by atoms with Gasteiger partial charge in [-0.2, -0.15) is 0 Å². The zero-order chi connectivity index (χ0) is 23.8. The molecule has 1 aromatic rings. The van der Waals surface area contributed by atoms with Crippen LogP contribution in [-0.2, 0) is 20.8 Å². The molecule has 0 saturated carbocycles. The van der Waals surface area contributed by atoms with E-state index in [1.54, 1.807) is 34.8 Å². The Bertz CT molecular complexity index is 737. The van der Waals surface area contributed by atoms with Gasteiger partial charge in [0, 0.05) is 20.1 Å². The first-order chi connectivity index (χ1) is 14.3. The van der Waals surface area contributed by atoms with Gasteiger partial charge in [0.05, 0.1) is 25.8 Å². The molecule has 0 fully saturated rings. The van der Waals surface area contributed by atoms with Crippen molar-refractivity contribution < 1.29 is 28.5 Å². The van der Waals surface area contributed by atoms with E-state index >= 15 is 0 Å². The van der Waals surface area contributed by atoms with E-state index in [-0.39, 0.29) is 36.2 Å². The molecule has 1 aromatic heterocycles. The van der Waals surface area contributed by atoms with E-state index in [9.17, 15) is 9.59 Å². The fourth-order valence-corrected chi connectivity index (χ4v) is 3.13.